The highest BCUT2D eigenvalue weighted by molar-refractivity contribution is 7.91. The lowest BCUT2D eigenvalue weighted by Gasteiger charge is -2.08. The average molecular weight is 409 g/mol. The Morgan fingerprint density at radius 2 is 1.81 bits per heavy atom. The normalized spacial score (nSPS) is 11.4. The molecular weight excluding hydrogens is 384 g/mol. The highest BCUT2D eigenvalue weighted by atomic mass is 35.5. The van der Waals surface area contributed by atoms with Gasteiger partial charge >= 0.3 is 0 Å². The van der Waals surface area contributed by atoms with Gasteiger partial charge < -0.3 is 14.6 Å². The van der Waals surface area contributed by atoms with E-state index in [9.17, 15) is 8.42 Å². The minimum atomic E-state index is -3.61. The third-order valence-electron chi connectivity index (χ3n) is 4.88. The zero-order valence-corrected chi connectivity index (χ0v) is 17.6. The maximum atomic E-state index is 13.1. The number of hydrogen-bond donors (Lipinski definition) is 1. The van der Waals surface area contributed by atoms with E-state index in [0.29, 0.717) is 10.6 Å². The van der Waals surface area contributed by atoms with E-state index in [-0.39, 0.29) is 17.3 Å². The molecule has 0 saturated heterocycles. The zero-order valence-electron chi connectivity index (χ0n) is 15.9. The van der Waals surface area contributed by atoms with Crippen LogP contribution in [-0.4, -0.2) is 33.7 Å². The van der Waals surface area contributed by atoms with Crippen molar-refractivity contribution < 1.29 is 13.2 Å². The van der Waals surface area contributed by atoms with Crippen LogP contribution >= 0.6 is 12.4 Å². The van der Waals surface area contributed by atoms with E-state index in [4.69, 9.17) is 4.74 Å². The van der Waals surface area contributed by atoms with Gasteiger partial charge in [0.1, 0.15) is 5.75 Å². The molecule has 0 amide bonds. The van der Waals surface area contributed by atoms with Crippen LogP contribution in [-0.2, 0) is 23.3 Å². The minimum absolute atomic E-state index is 0. The van der Waals surface area contributed by atoms with Crippen molar-refractivity contribution in [1.82, 2.24) is 9.88 Å². The minimum Gasteiger partial charge on any atom is -0.497 e. The highest BCUT2D eigenvalue weighted by Crippen LogP contribution is 2.31. The number of hydrogen-bond acceptors (Lipinski definition) is 4. The molecule has 27 heavy (non-hydrogen) atoms. The molecule has 0 atom stereocenters. The molecule has 7 heteroatoms. The number of ether oxygens (including phenoxy) is 1. The maximum absolute atomic E-state index is 13.1. The molecular formula is C20H25ClN2O3S. The van der Waals surface area contributed by atoms with E-state index in [2.05, 4.69) is 16.8 Å². The van der Waals surface area contributed by atoms with Crippen LogP contribution in [0, 0.1) is 6.92 Å². The van der Waals surface area contributed by atoms with Crippen LogP contribution in [0.4, 0.5) is 0 Å². The summed E-state index contributed by atoms with van der Waals surface area (Å²) in [7, 11) is 1.84. The molecule has 0 unspecified atom stereocenters. The summed E-state index contributed by atoms with van der Waals surface area (Å²) in [6, 6.07) is 11.9. The summed E-state index contributed by atoms with van der Waals surface area (Å²) >= 11 is 0. The fourth-order valence-corrected chi connectivity index (χ4v) is 4.59. The van der Waals surface area contributed by atoms with Gasteiger partial charge in [-0.25, -0.2) is 8.42 Å². The van der Waals surface area contributed by atoms with Crippen LogP contribution < -0.4 is 10.1 Å². The summed E-state index contributed by atoms with van der Waals surface area (Å²) in [5.74, 6) is 0.525. The van der Waals surface area contributed by atoms with Crippen molar-refractivity contribution in [3.05, 3.63) is 53.7 Å². The number of nitrogens with zero attached hydrogens (tertiary/aromatic N) is 1. The lowest BCUT2D eigenvalue weighted by atomic mass is 10.1. The Labute approximate surface area is 166 Å². The van der Waals surface area contributed by atoms with Gasteiger partial charge in [0.05, 0.1) is 16.9 Å². The smallest absolute Gasteiger partial charge is 0.206 e. The van der Waals surface area contributed by atoms with E-state index in [1.807, 2.05) is 20.2 Å². The number of rotatable bonds is 6. The predicted molar refractivity (Wildman–Crippen MR) is 111 cm³/mol. The Morgan fingerprint density at radius 1 is 1.11 bits per heavy atom. The van der Waals surface area contributed by atoms with E-state index in [1.54, 1.807) is 36.4 Å². The van der Waals surface area contributed by atoms with Crippen molar-refractivity contribution in [2.45, 2.75) is 23.1 Å². The molecule has 0 spiro atoms. The summed E-state index contributed by atoms with van der Waals surface area (Å²) in [5.41, 5.74) is 3.38. The molecule has 1 heterocycles. The standard InChI is InChI=1S/C20H24N2O3S.ClH/c1-14-18(10-11-21-2)19-13-17(8-9-20(19)22(14)3)26(23,24)16-7-5-6-15(12-16)25-4;/h5-9,12-13,21H,10-11H2,1-4H3;1H. The van der Waals surface area contributed by atoms with Crippen molar-refractivity contribution >= 4 is 33.1 Å². The Morgan fingerprint density at radius 3 is 2.48 bits per heavy atom. The first-order chi connectivity index (χ1) is 12.4. The molecule has 0 aliphatic carbocycles. The van der Waals surface area contributed by atoms with Crippen LogP contribution in [0.3, 0.4) is 0 Å². The molecule has 5 nitrogen and oxygen atoms in total. The quantitative estimate of drug-likeness (QED) is 0.678. The molecule has 0 aliphatic rings. The van der Waals surface area contributed by atoms with Crippen LogP contribution in [0.5, 0.6) is 5.75 Å². The molecule has 0 aliphatic heterocycles. The SMILES string of the molecule is CNCCc1c(C)n(C)c2ccc(S(=O)(=O)c3cccc(OC)c3)cc12.Cl. The maximum Gasteiger partial charge on any atom is 0.206 e. The first-order valence-corrected chi connectivity index (χ1v) is 10.00. The van der Waals surface area contributed by atoms with Gasteiger partial charge in [0.15, 0.2) is 0 Å². The molecule has 3 rings (SSSR count). The number of aryl methyl sites for hydroxylation is 1. The first kappa shape index (κ1) is 21.3. The Kier molecular flexibility index (Phi) is 6.57. The summed E-state index contributed by atoms with van der Waals surface area (Å²) in [6.07, 6.45) is 0.850. The van der Waals surface area contributed by atoms with Crippen LogP contribution in [0.25, 0.3) is 10.9 Å². The largest absolute Gasteiger partial charge is 0.497 e. The van der Waals surface area contributed by atoms with Gasteiger partial charge in [-0.05, 0) is 68.9 Å². The van der Waals surface area contributed by atoms with Crippen molar-refractivity contribution in [3.63, 3.8) is 0 Å². The van der Waals surface area contributed by atoms with Gasteiger partial charge in [-0.3, -0.25) is 0 Å². The highest BCUT2D eigenvalue weighted by Gasteiger charge is 2.21. The second-order valence-corrected chi connectivity index (χ2v) is 8.29. The topological polar surface area (TPSA) is 60.3 Å². The fraction of sp³-hybridized carbons (Fsp3) is 0.300. The first-order valence-electron chi connectivity index (χ1n) is 8.51. The number of methoxy groups -OCH3 is 1. The number of benzene rings is 2. The molecule has 0 bridgehead atoms. The predicted octanol–water partition coefficient (Wildman–Crippen LogP) is 3.51. The van der Waals surface area contributed by atoms with Gasteiger partial charge in [0.2, 0.25) is 9.84 Å². The number of aromatic nitrogens is 1. The van der Waals surface area contributed by atoms with E-state index in [1.165, 1.54) is 12.7 Å². The van der Waals surface area contributed by atoms with Crippen molar-refractivity contribution in [3.8, 4) is 5.75 Å². The second kappa shape index (κ2) is 8.33. The molecule has 0 fully saturated rings. The third-order valence-corrected chi connectivity index (χ3v) is 6.63. The lowest BCUT2D eigenvalue weighted by Crippen LogP contribution is -2.11. The number of nitrogens with one attached hydrogen (secondary N) is 1. The van der Waals surface area contributed by atoms with E-state index >= 15 is 0 Å². The number of fused-ring (bicyclic) bond motifs is 1. The second-order valence-electron chi connectivity index (χ2n) is 6.34. The third kappa shape index (κ3) is 3.83. The van der Waals surface area contributed by atoms with Crippen molar-refractivity contribution in [1.29, 1.82) is 0 Å². The number of likely N-dealkylation sites (N-methyl/N-ethyl adjacent to an activating group) is 1. The lowest BCUT2D eigenvalue weighted by molar-refractivity contribution is 0.413. The number of halogens is 1. The molecule has 1 aromatic heterocycles. The molecule has 146 valence electrons. The Balaban J connectivity index is 0.00000261. The summed E-state index contributed by atoms with van der Waals surface area (Å²) in [6.45, 7) is 2.91. The van der Waals surface area contributed by atoms with Gasteiger partial charge in [0.25, 0.3) is 0 Å². The van der Waals surface area contributed by atoms with E-state index < -0.39 is 9.84 Å². The Bertz CT molecular complexity index is 1060. The summed E-state index contributed by atoms with van der Waals surface area (Å²) in [4.78, 5) is 0.537. The van der Waals surface area contributed by atoms with Crippen LogP contribution in [0.2, 0.25) is 0 Å². The van der Waals surface area contributed by atoms with Crippen molar-refractivity contribution in [2.75, 3.05) is 20.7 Å². The zero-order chi connectivity index (χ0) is 18.9. The van der Waals surface area contributed by atoms with Gasteiger partial charge in [0, 0.05) is 23.6 Å². The molecule has 0 radical (unpaired) electrons. The fourth-order valence-electron chi connectivity index (χ4n) is 3.26. The molecule has 1 N–H and O–H groups in total. The van der Waals surface area contributed by atoms with Crippen LogP contribution in [0.15, 0.2) is 52.3 Å². The summed E-state index contributed by atoms with van der Waals surface area (Å²) < 4.78 is 33.5. The van der Waals surface area contributed by atoms with Gasteiger partial charge in [-0.2, -0.15) is 0 Å². The average Bonchev–Trinajstić information content (AvgIpc) is 2.90. The van der Waals surface area contributed by atoms with Gasteiger partial charge in [-0.1, -0.05) is 6.07 Å². The van der Waals surface area contributed by atoms with Crippen molar-refractivity contribution in [2.24, 2.45) is 7.05 Å². The molecule has 3 aromatic rings. The summed E-state index contributed by atoms with van der Waals surface area (Å²) in [5, 5.41) is 4.15. The van der Waals surface area contributed by atoms with Crippen LogP contribution in [0.1, 0.15) is 11.3 Å². The molecule has 2 aromatic carbocycles. The van der Waals surface area contributed by atoms with E-state index in [0.717, 1.165) is 29.6 Å². The monoisotopic (exact) mass is 408 g/mol. The molecule has 0 saturated carbocycles. The number of sulfone groups is 1. The Hall–Kier alpha value is -2.02. The van der Waals surface area contributed by atoms with Gasteiger partial charge in [-0.15, -0.1) is 12.4 Å².